The monoisotopic (exact) mass is 196 g/mol. The van der Waals surface area contributed by atoms with Crippen molar-refractivity contribution in [2.45, 2.75) is 25.9 Å². The molecule has 0 aromatic carbocycles. The quantitative estimate of drug-likeness (QED) is 0.722. The summed E-state index contributed by atoms with van der Waals surface area (Å²) in [5.41, 5.74) is 0. The fourth-order valence-electron chi connectivity index (χ4n) is 1.46. The number of carboxylic acids is 1. The molecule has 1 heterocycles. The number of unbranched alkanes of at least 4 members (excludes halogenated alkanes) is 1. The summed E-state index contributed by atoms with van der Waals surface area (Å²) in [6.07, 6.45) is 6.52. The average Bonchev–Trinajstić information content (AvgIpc) is 2.57. The molecule has 0 aromatic heterocycles. The van der Waals surface area contributed by atoms with Crippen LogP contribution in [0.25, 0.3) is 0 Å². The van der Waals surface area contributed by atoms with Gasteiger partial charge < -0.3 is 14.9 Å². The second kappa shape index (κ2) is 4.69. The molecule has 1 aliphatic heterocycles. The van der Waals surface area contributed by atoms with Gasteiger partial charge in [0.25, 0.3) is 0 Å². The van der Waals surface area contributed by atoms with E-state index in [4.69, 9.17) is 5.11 Å². The molecule has 1 rings (SSSR count). The number of aliphatic carboxylic acids is 1. The van der Waals surface area contributed by atoms with Crippen molar-refractivity contribution in [2.75, 3.05) is 6.54 Å². The van der Waals surface area contributed by atoms with Crippen LogP contribution >= 0.6 is 0 Å². The van der Waals surface area contributed by atoms with Crippen molar-refractivity contribution < 1.29 is 9.90 Å². The lowest BCUT2D eigenvalue weighted by Crippen LogP contribution is -2.42. The van der Waals surface area contributed by atoms with Gasteiger partial charge in [0.15, 0.2) is 0 Å². The first-order valence-corrected chi connectivity index (χ1v) is 4.77. The molecule has 0 saturated carbocycles. The van der Waals surface area contributed by atoms with Gasteiger partial charge in [0.1, 0.15) is 0 Å². The number of carboxylic acid groups (broad SMARTS) is 1. The Labute approximate surface area is 84.1 Å². The van der Waals surface area contributed by atoms with E-state index < -0.39 is 12.1 Å². The topological polar surface area (TPSA) is 43.8 Å². The van der Waals surface area contributed by atoms with Crippen molar-refractivity contribution in [2.24, 2.45) is 0 Å². The van der Waals surface area contributed by atoms with Crippen molar-refractivity contribution in [3.63, 3.8) is 0 Å². The minimum absolute atomic E-state index is 0.612. The molecule has 0 aliphatic carbocycles. The minimum atomic E-state index is -0.842. The normalized spacial score (nSPS) is 20.2. The summed E-state index contributed by atoms with van der Waals surface area (Å²) in [6, 6.07) is 0. The molecule has 0 bridgehead atoms. The molecule has 1 unspecified atom stereocenters. The fourth-order valence-corrected chi connectivity index (χ4v) is 1.46. The van der Waals surface area contributed by atoms with Crippen molar-refractivity contribution in [1.82, 2.24) is 9.80 Å². The Kier molecular flexibility index (Phi) is 3.56. The Morgan fingerprint density at radius 3 is 2.86 bits per heavy atom. The molecule has 0 amide bonds. The number of carbonyl (C=O) groups is 1. The van der Waals surface area contributed by atoms with Crippen molar-refractivity contribution in [3.05, 3.63) is 25.2 Å². The zero-order valence-electron chi connectivity index (χ0n) is 8.39. The van der Waals surface area contributed by atoms with Gasteiger partial charge in [-0.3, -0.25) is 0 Å². The number of rotatable bonds is 5. The summed E-state index contributed by atoms with van der Waals surface area (Å²) in [6.45, 7) is 6.43. The predicted molar refractivity (Wildman–Crippen MR) is 54.2 cm³/mol. The van der Waals surface area contributed by atoms with E-state index in [1.165, 1.54) is 6.20 Å². The van der Waals surface area contributed by atoms with Crippen molar-refractivity contribution in [1.29, 1.82) is 0 Å². The van der Waals surface area contributed by atoms with E-state index in [-0.39, 0.29) is 0 Å². The highest BCUT2D eigenvalue weighted by Crippen LogP contribution is 2.16. The van der Waals surface area contributed by atoms with Crippen LogP contribution in [0.2, 0.25) is 0 Å². The van der Waals surface area contributed by atoms with Gasteiger partial charge in [0.05, 0.1) is 0 Å². The Bertz CT molecular complexity index is 251. The molecule has 0 fully saturated rings. The zero-order chi connectivity index (χ0) is 10.6. The lowest BCUT2D eigenvalue weighted by Gasteiger charge is -2.26. The molecule has 0 saturated heterocycles. The van der Waals surface area contributed by atoms with Crippen LogP contribution in [0, 0.1) is 0 Å². The molecule has 4 nitrogen and oxygen atoms in total. The molecular formula is C10H16N2O2. The van der Waals surface area contributed by atoms with Gasteiger partial charge in [-0.1, -0.05) is 19.9 Å². The highest BCUT2D eigenvalue weighted by molar-refractivity contribution is 5.74. The SMILES string of the molecule is C=CN1C=CN(CCCC)C1C(=O)O. The largest absolute Gasteiger partial charge is 0.478 e. The summed E-state index contributed by atoms with van der Waals surface area (Å²) in [5, 5.41) is 9.01. The second-order valence-electron chi connectivity index (χ2n) is 3.23. The molecule has 78 valence electrons. The van der Waals surface area contributed by atoms with Crippen LogP contribution in [-0.2, 0) is 4.79 Å². The maximum atomic E-state index is 11.0. The minimum Gasteiger partial charge on any atom is -0.478 e. The third kappa shape index (κ3) is 2.07. The van der Waals surface area contributed by atoms with Gasteiger partial charge in [-0.25, -0.2) is 4.79 Å². The van der Waals surface area contributed by atoms with Crippen LogP contribution in [0.1, 0.15) is 19.8 Å². The summed E-state index contributed by atoms with van der Waals surface area (Å²) in [4.78, 5) is 14.4. The van der Waals surface area contributed by atoms with E-state index >= 15 is 0 Å². The fraction of sp³-hybridized carbons (Fsp3) is 0.500. The van der Waals surface area contributed by atoms with E-state index in [1.807, 2.05) is 4.90 Å². The molecular weight excluding hydrogens is 180 g/mol. The Morgan fingerprint density at radius 1 is 1.64 bits per heavy atom. The maximum absolute atomic E-state index is 11.0. The molecule has 0 aromatic rings. The van der Waals surface area contributed by atoms with Crippen LogP contribution in [0.3, 0.4) is 0 Å². The first-order chi connectivity index (χ1) is 6.70. The highest BCUT2D eigenvalue weighted by Gasteiger charge is 2.30. The molecule has 0 radical (unpaired) electrons. The smallest absolute Gasteiger partial charge is 0.347 e. The van der Waals surface area contributed by atoms with Crippen LogP contribution < -0.4 is 0 Å². The van der Waals surface area contributed by atoms with E-state index in [9.17, 15) is 4.79 Å². The summed E-state index contributed by atoms with van der Waals surface area (Å²) < 4.78 is 0. The summed E-state index contributed by atoms with van der Waals surface area (Å²) in [7, 11) is 0. The standard InChI is InChI=1S/C10H16N2O2/c1-3-5-6-12-8-7-11(4-2)9(12)10(13)14/h4,7-9H,2-3,5-6H2,1H3,(H,13,14). The van der Waals surface area contributed by atoms with Crippen molar-refractivity contribution in [3.8, 4) is 0 Å². The Morgan fingerprint density at radius 2 is 2.36 bits per heavy atom. The summed E-state index contributed by atoms with van der Waals surface area (Å²) >= 11 is 0. The van der Waals surface area contributed by atoms with E-state index in [2.05, 4.69) is 13.5 Å². The van der Waals surface area contributed by atoms with Gasteiger partial charge in [0.2, 0.25) is 6.17 Å². The predicted octanol–water partition coefficient (Wildman–Crippen LogP) is 1.43. The van der Waals surface area contributed by atoms with Gasteiger partial charge in [-0.15, -0.1) is 0 Å². The third-order valence-corrected chi connectivity index (χ3v) is 2.23. The van der Waals surface area contributed by atoms with E-state index in [0.717, 1.165) is 19.4 Å². The molecule has 14 heavy (non-hydrogen) atoms. The van der Waals surface area contributed by atoms with Crippen LogP contribution in [0.15, 0.2) is 25.2 Å². The average molecular weight is 196 g/mol. The van der Waals surface area contributed by atoms with Crippen LogP contribution in [-0.4, -0.2) is 33.6 Å². The molecule has 0 spiro atoms. The van der Waals surface area contributed by atoms with Crippen LogP contribution in [0.5, 0.6) is 0 Å². The molecule has 1 aliphatic rings. The van der Waals surface area contributed by atoms with Crippen LogP contribution in [0.4, 0.5) is 0 Å². The lowest BCUT2D eigenvalue weighted by atomic mass is 10.3. The molecule has 1 N–H and O–H groups in total. The Balaban J connectivity index is 2.63. The van der Waals surface area contributed by atoms with E-state index in [1.54, 1.807) is 17.3 Å². The highest BCUT2D eigenvalue weighted by atomic mass is 16.4. The lowest BCUT2D eigenvalue weighted by molar-refractivity contribution is -0.145. The maximum Gasteiger partial charge on any atom is 0.347 e. The number of nitrogens with zero attached hydrogens (tertiary/aromatic N) is 2. The first kappa shape index (κ1) is 10.6. The Hall–Kier alpha value is -1.45. The van der Waals surface area contributed by atoms with E-state index in [0.29, 0.717) is 0 Å². The molecule has 1 atom stereocenters. The van der Waals surface area contributed by atoms with Gasteiger partial charge in [0, 0.05) is 18.9 Å². The first-order valence-electron chi connectivity index (χ1n) is 4.77. The zero-order valence-corrected chi connectivity index (χ0v) is 8.39. The third-order valence-electron chi connectivity index (χ3n) is 2.23. The van der Waals surface area contributed by atoms with Gasteiger partial charge in [-0.05, 0) is 12.6 Å². The summed E-state index contributed by atoms with van der Waals surface area (Å²) in [5.74, 6) is -0.842. The number of hydrogen-bond donors (Lipinski definition) is 1. The number of hydrogen-bond acceptors (Lipinski definition) is 3. The van der Waals surface area contributed by atoms with Gasteiger partial charge >= 0.3 is 5.97 Å². The second-order valence-corrected chi connectivity index (χ2v) is 3.23. The van der Waals surface area contributed by atoms with Gasteiger partial charge in [-0.2, -0.15) is 0 Å². The van der Waals surface area contributed by atoms with Crippen molar-refractivity contribution >= 4 is 5.97 Å². The molecule has 4 heteroatoms.